The lowest BCUT2D eigenvalue weighted by molar-refractivity contribution is 0.0957. The predicted molar refractivity (Wildman–Crippen MR) is 55.4 cm³/mol. The van der Waals surface area contributed by atoms with Gasteiger partial charge in [0.15, 0.2) is 11.5 Å². The van der Waals surface area contributed by atoms with Crippen LogP contribution in [0.1, 0.15) is 17.3 Å². The molecule has 2 rings (SSSR count). The Morgan fingerprint density at radius 2 is 2.40 bits per heavy atom. The molecule has 0 saturated heterocycles. The molecule has 80 valence electrons. The lowest BCUT2D eigenvalue weighted by atomic mass is 10.2. The minimum atomic E-state index is -0.107. The van der Waals surface area contributed by atoms with Crippen molar-refractivity contribution in [1.82, 2.24) is 5.32 Å². The van der Waals surface area contributed by atoms with Crippen molar-refractivity contribution < 1.29 is 14.3 Å². The van der Waals surface area contributed by atoms with Crippen LogP contribution in [-0.4, -0.2) is 25.7 Å². The van der Waals surface area contributed by atoms with Gasteiger partial charge in [0.05, 0.1) is 18.7 Å². The van der Waals surface area contributed by atoms with E-state index < -0.39 is 0 Å². The quantitative estimate of drug-likeness (QED) is 0.792. The molecule has 1 aromatic rings. The van der Waals surface area contributed by atoms with Gasteiger partial charge in [-0.1, -0.05) is 6.07 Å². The summed E-state index contributed by atoms with van der Waals surface area (Å²) in [5.74, 6) is 1.07. The molecule has 1 aliphatic rings. The summed E-state index contributed by atoms with van der Waals surface area (Å²) >= 11 is 0. The number of rotatable bonds is 2. The summed E-state index contributed by atoms with van der Waals surface area (Å²) < 4.78 is 10.9. The first-order valence-electron chi connectivity index (χ1n) is 4.99. The van der Waals surface area contributed by atoms with Crippen LogP contribution in [-0.2, 0) is 0 Å². The van der Waals surface area contributed by atoms with Crippen molar-refractivity contribution in [3.8, 4) is 11.5 Å². The number of para-hydroxylation sites is 1. The van der Waals surface area contributed by atoms with Gasteiger partial charge < -0.3 is 14.8 Å². The number of benzene rings is 1. The molecular weight excluding hydrogens is 194 g/mol. The zero-order valence-electron chi connectivity index (χ0n) is 8.58. The van der Waals surface area contributed by atoms with Crippen LogP contribution in [0.4, 0.5) is 0 Å². The Labute approximate surface area is 88.2 Å². The zero-order chi connectivity index (χ0) is 10.7. The number of fused-ring (bicyclic) bond motifs is 1. The monoisotopic (exact) mass is 207 g/mol. The van der Waals surface area contributed by atoms with Crippen molar-refractivity contribution in [3.05, 3.63) is 23.8 Å². The third-order valence-corrected chi connectivity index (χ3v) is 2.16. The van der Waals surface area contributed by atoms with Gasteiger partial charge >= 0.3 is 0 Å². The molecule has 0 aliphatic carbocycles. The molecule has 1 heterocycles. The maximum atomic E-state index is 11.6. The highest BCUT2D eigenvalue weighted by molar-refractivity contribution is 5.98. The van der Waals surface area contributed by atoms with Gasteiger partial charge in [0.2, 0.25) is 0 Å². The molecule has 0 spiro atoms. The first-order valence-corrected chi connectivity index (χ1v) is 4.99. The zero-order valence-corrected chi connectivity index (χ0v) is 8.58. The van der Waals surface area contributed by atoms with E-state index in [0.29, 0.717) is 36.8 Å². The molecule has 15 heavy (non-hydrogen) atoms. The van der Waals surface area contributed by atoms with Crippen molar-refractivity contribution in [3.63, 3.8) is 0 Å². The SMILES string of the molecule is CCOc1cccc2c1OCCNC2=O. The van der Waals surface area contributed by atoms with Crippen LogP contribution in [0.5, 0.6) is 11.5 Å². The van der Waals surface area contributed by atoms with Crippen LogP contribution < -0.4 is 14.8 Å². The van der Waals surface area contributed by atoms with E-state index in [0.717, 1.165) is 0 Å². The molecule has 0 unspecified atom stereocenters. The van der Waals surface area contributed by atoms with E-state index in [-0.39, 0.29) is 5.91 Å². The number of hydrogen-bond acceptors (Lipinski definition) is 3. The minimum Gasteiger partial charge on any atom is -0.490 e. The molecule has 0 atom stereocenters. The summed E-state index contributed by atoms with van der Waals surface area (Å²) in [7, 11) is 0. The van der Waals surface area contributed by atoms with Crippen LogP contribution >= 0.6 is 0 Å². The average Bonchev–Trinajstić information content (AvgIpc) is 2.43. The van der Waals surface area contributed by atoms with E-state index in [1.165, 1.54) is 0 Å². The predicted octanol–water partition coefficient (Wildman–Crippen LogP) is 1.21. The van der Waals surface area contributed by atoms with E-state index in [2.05, 4.69) is 5.32 Å². The fourth-order valence-electron chi connectivity index (χ4n) is 1.53. The third kappa shape index (κ3) is 1.88. The molecular formula is C11H13NO3. The van der Waals surface area contributed by atoms with Gasteiger partial charge in [0, 0.05) is 0 Å². The molecule has 1 aromatic carbocycles. The second kappa shape index (κ2) is 4.21. The summed E-state index contributed by atoms with van der Waals surface area (Å²) in [5.41, 5.74) is 0.540. The van der Waals surface area contributed by atoms with Gasteiger partial charge in [0.1, 0.15) is 6.61 Å². The lowest BCUT2D eigenvalue weighted by Gasteiger charge is -2.11. The Morgan fingerprint density at radius 3 is 3.20 bits per heavy atom. The van der Waals surface area contributed by atoms with Gasteiger partial charge in [-0.15, -0.1) is 0 Å². The van der Waals surface area contributed by atoms with E-state index in [1.54, 1.807) is 18.2 Å². The van der Waals surface area contributed by atoms with Gasteiger partial charge in [0.25, 0.3) is 5.91 Å². The fraction of sp³-hybridized carbons (Fsp3) is 0.364. The third-order valence-electron chi connectivity index (χ3n) is 2.16. The highest BCUT2D eigenvalue weighted by Crippen LogP contribution is 2.32. The summed E-state index contributed by atoms with van der Waals surface area (Å²) in [5, 5.41) is 2.75. The summed E-state index contributed by atoms with van der Waals surface area (Å²) in [6.45, 7) is 3.46. The number of nitrogens with one attached hydrogen (secondary N) is 1. The summed E-state index contributed by atoms with van der Waals surface area (Å²) in [6.07, 6.45) is 0. The topological polar surface area (TPSA) is 47.6 Å². The maximum Gasteiger partial charge on any atom is 0.255 e. The van der Waals surface area contributed by atoms with Crippen LogP contribution in [0.15, 0.2) is 18.2 Å². The molecule has 0 aromatic heterocycles. The molecule has 0 radical (unpaired) electrons. The highest BCUT2D eigenvalue weighted by atomic mass is 16.5. The second-order valence-corrected chi connectivity index (χ2v) is 3.17. The Hall–Kier alpha value is -1.71. The standard InChI is InChI=1S/C11H13NO3/c1-2-14-9-5-3-4-8-10(9)15-7-6-12-11(8)13/h3-5H,2,6-7H2,1H3,(H,12,13). The van der Waals surface area contributed by atoms with Gasteiger partial charge in [-0.3, -0.25) is 4.79 Å². The summed E-state index contributed by atoms with van der Waals surface area (Å²) in [6, 6.07) is 5.33. The molecule has 1 aliphatic heterocycles. The Balaban J connectivity index is 2.43. The van der Waals surface area contributed by atoms with Gasteiger partial charge in [-0.05, 0) is 19.1 Å². The van der Waals surface area contributed by atoms with Gasteiger partial charge in [-0.2, -0.15) is 0 Å². The first-order chi connectivity index (χ1) is 7.33. The molecule has 0 saturated carbocycles. The molecule has 0 bridgehead atoms. The molecule has 1 amide bonds. The molecule has 1 N–H and O–H groups in total. The van der Waals surface area contributed by atoms with Crippen molar-refractivity contribution in [2.24, 2.45) is 0 Å². The molecule has 4 nitrogen and oxygen atoms in total. The van der Waals surface area contributed by atoms with E-state index in [1.807, 2.05) is 6.92 Å². The first kappa shape index (κ1) is 9.83. The van der Waals surface area contributed by atoms with E-state index >= 15 is 0 Å². The normalized spacial score (nSPS) is 14.6. The Morgan fingerprint density at radius 1 is 1.53 bits per heavy atom. The number of amides is 1. The van der Waals surface area contributed by atoms with Crippen molar-refractivity contribution in [2.75, 3.05) is 19.8 Å². The Bertz CT molecular complexity index is 376. The molecule has 4 heteroatoms. The minimum absolute atomic E-state index is 0.107. The van der Waals surface area contributed by atoms with E-state index in [4.69, 9.17) is 9.47 Å². The number of carbonyl (C=O) groups is 1. The smallest absolute Gasteiger partial charge is 0.255 e. The second-order valence-electron chi connectivity index (χ2n) is 3.17. The van der Waals surface area contributed by atoms with Crippen LogP contribution in [0.3, 0.4) is 0 Å². The van der Waals surface area contributed by atoms with Gasteiger partial charge in [-0.25, -0.2) is 0 Å². The average molecular weight is 207 g/mol. The van der Waals surface area contributed by atoms with Crippen molar-refractivity contribution in [2.45, 2.75) is 6.92 Å². The number of ether oxygens (including phenoxy) is 2. The van der Waals surface area contributed by atoms with Crippen LogP contribution in [0.2, 0.25) is 0 Å². The number of carbonyl (C=O) groups excluding carboxylic acids is 1. The lowest BCUT2D eigenvalue weighted by Crippen LogP contribution is -2.24. The van der Waals surface area contributed by atoms with Crippen molar-refractivity contribution >= 4 is 5.91 Å². The highest BCUT2D eigenvalue weighted by Gasteiger charge is 2.19. The van der Waals surface area contributed by atoms with Crippen molar-refractivity contribution in [1.29, 1.82) is 0 Å². The summed E-state index contributed by atoms with van der Waals surface area (Å²) in [4.78, 5) is 11.6. The fourth-order valence-corrected chi connectivity index (χ4v) is 1.53. The maximum absolute atomic E-state index is 11.6. The Kier molecular flexibility index (Phi) is 2.76. The number of hydrogen-bond donors (Lipinski definition) is 1. The molecule has 0 fully saturated rings. The van der Waals surface area contributed by atoms with E-state index in [9.17, 15) is 4.79 Å². The largest absolute Gasteiger partial charge is 0.490 e. The van der Waals surface area contributed by atoms with Crippen LogP contribution in [0, 0.1) is 0 Å². The van der Waals surface area contributed by atoms with Crippen LogP contribution in [0.25, 0.3) is 0 Å².